The summed E-state index contributed by atoms with van der Waals surface area (Å²) in [6.07, 6.45) is -11.0. The van der Waals surface area contributed by atoms with Crippen molar-refractivity contribution in [2.24, 2.45) is 5.92 Å². The third-order valence-electron chi connectivity index (χ3n) is 6.75. The monoisotopic (exact) mass is 570 g/mol. The predicted molar refractivity (Wildman–Crippen MR) is 131 cm³/mol. The normalized spacial score (nSPS) is 19.3. The van der Waals surface area contributed by atoms with E-state index in [1.807, 2.05) is 0 Å². The molecule has 3 N–H and O–H groups in total. The van der Waals surface area contributed by atoms with Gasteiger partial charge in [-0.25, -0.2) is 18.0 Å². The second-order valence-electron chi connectivity index (χ2n) is 9.61. The highest BCUT2D eigenvalue weighted by atomic mass is 19.3. The van der Waals surface area contributed by atoms with Gasteiger partial charge in [-0.1, -0.05) is 42.5 Å². The third-order valence-corrected chi connectivity index (χ3v) is 6.75. The summed E-state index contributed by atoms with van der Waals surface area (Å²) in [7, 11) is 0. The first-order valence-corrected chi connectivity index (χ1v) is 12.2. The molecule has 5 nitrogen and oxygen atoms in total. The number of hydrogen-bond acceptors (Lipinski definition) is 3. The van der Waals surface area contributed by atoms with Crippen LogP contribution >= 0.6 is 0 Å². The molecule has 2 unspecified atom stereocenters. The summed E-state index contributed by atoms with van der Waals surface area (Å²) in [5.74, 6) is -3.35. The molecule has 0 saturated heterocycles. The van der Waals surface area contributed by atoms with Crippen molar-refractivity contribution in [3.63, 3.8) is 0 Å². The van der Waals surface area contributed by atoms with Crippen LogP contribution in [-0.2, 0) is 12.0 Å². The minimum atomic E-state index is -4.93. The molecule has 12 heteroatoms. The van der Waals surface area contributed by atoms with Gasteiger partial charge in [0.25, 0.3) is 0 Å². The fraction of sp³-hybridized carbons (Fsp3) is 0.321. The lowest BCUT2D eigenvalue weighted by Gasteiger charge is -2.40. The average Bonchev–Trinajstić information content (AvgIpc) is 2.85. The van der Waals surface area contributed by atoms with Crippen LogP contribution in [-0.4, -0.2) is 36.1 Å². The number of urea groups is 1. The second kappa shape index (κ2) is 11.7. The number of halogens is 7. The van der Waals surface area contributed by atoms with Crippen molar-refractivity contribution in [2.75, 3.05) is 0 Å². The van der Waals surface area contributed by atoms with Crippen LogP contribution in [0.5, 0.6) is 5.75 Å². The van der Waals surface area contributed by atoms with Crippen LogP contribution in [0.15, 0.2) is 72.8 Å². The van der Waals surface area contributed by atoms with Gasteiger partial charge in [0.05, 0.1) is 5.54 Å². The first-order valence-electron chi connectivity index (χ1n) is 12.2. The highest BCUT2D eigenvalue weighted by Crippen LogP contribution is 2.38. The Morgan fingerprint density at radius 3 is 2.17 bits per heavy atom. The van der Waals surface area contributed by atoms with Gasteiger partial charge < -0.3 is 20.5 Å². The van der Waals surface area contributed by atoms with E-state index >= 15 is 0 Å². The van der Waals surface area contributed by atoms with Gasteiger partial charge in [0.2, 0.25) is 0 Å². The summed E-state index contributed by atoms with van der Waals surface area (Å²) in [5, 5.41) is 14.4. The molecule has 40 heavy (non-hydrogen) atoms. The number of rotatable bonds is 10. The van der Waals surface area contributed by atoms with Crippen molar-refractivity contribution in [1.82, 2.24) is 10.6 Å². The number of carbonyl (C=O) groups is 1. The maximum atomic E-state index is 14.8. The first kappa shape index (κ1) is 29.2. The van der Waals surface area contributed by atoms with Crippen LogP contribution in [0.1, 0.15) is 29.5 Å². The zero-order chi connectivity index (χ0) is 29.1. The van der Waals surface area contributed by atoms with Crippen LogP contribution in [0.3, 0.4) is 0 Å². The molecule has 1 aliphatic carbocycles. The van der Waals surface area contributed by atoms with Gasteiger partial charge in [0.15, 0.2) is 6.36 Å². The van der Waals surface area contributed by atoms with Gasteiger partial charge in [-0.05, 0) is 53.8 Å². The molecule has 0 aromatic heterocycles. The number of amides is 2. The maximum absolute atomic E-state index is 14.8. The van der Waals surface area contributed by atoms with Crippen molar-refractivity contribution < 1.29 is 45.4 Å². The Labute approximate surface area is 225 Å². The number of benzene rings is 3. The van der Waals surface area contributed by atoms with Gasteiger partial charge in [-0.15, -0.1) is 0 Å². The smallest absolute Gasteiger partial charge is 0.428 e. The van der Waals surface area contributed by atoms with Crippen LogP contribution in [0.25, 0.3) is 0 Å². The lowest BCUT2D eigenvalue weighted by molar-refractivity contribution is -0.253. The molecular weight excluding hydrogens is 545 g/mol. The number of hydrogen-bond donors (Lipinski definition) is 3. The first-order chi connectivity index (χ1) is 18.9. The number of carbonyl (C=O) groups excluding carboxylic acids is 1. The molecular formula is C28H25F7N2O3. The van der Waals surface area contributed by atoms with Gasteiger partial charge in [0, 0.05) is 24.4 Å². The number of aliphatic hydroxyl groups excluding tert-OH is 1. The van der Waals surface area contributed by atoms with Gasteiger partial charge in [0.1, 0.15) is 17.4 Å². The topological polar surface area (TPSA) is 70.6 Å². The quantitative estimate of drug-likeness (QED) is 0.260. The molecule has 2 amide bonds. The Bertz CT molecular complexity index is 1300. The summed E-state index contributed by atoms with van der Waals surface area (Å²) < 4.78 is 99.1. The van der Waals surface area contributed by atoms with Gasteiger partial charge in [-0.2, -0.15) is 17.6 Å². The van der Waals surface area contributed by atoms with Crippen molar-refractivity contribution >= 4 is 6.03 Å². The standard InChI is InChI=1S/C28H25F7N2O3/c29-20-8-6-18(7-9-20)27(15-16-4-2-1-3-5-16,37-26(39)36-22-10-17(11-22)24(31)38)19-12-21(30)14-23(13-19)40-28(34,35)25(32)33/h1-9,12-14,17,22,24-25,38H,10-11,15H2,(H2,36,37,39). The van der Waals surface area contributed by atoms with E-state index in [0.29, 0.717) is 11.6 Å². The van der Waals surface area contributed by atoms with Gasteiger partial charge in [-0.3, -0.25) is 0 Å². The summed E-state index contributed by atoms with van der Waals surface area (Å²) in [5.41, 5.74) is -1.14. The number of nitrogens with one attached hydrogen (secondary N) is 2. The maximum Gasteiger partial charge on any atom is 0.461 e. The molecule has 1 saturated carbocycles. The molecule has 2 atom stereocenters. The molecule has 3 aromatic rings. The number of ether oxygens (including phenoxy) is 1. The van der Waals surface area contributed by atoms with E-state index in [-0.39, 0.29) is 30.4 Å². The van der Waals surface area contributed by atoms with Crippen molar-refractivity contribution in [1.29, 1.82) is 0 Å². The molecule has 0 aliphatic heterocycles. The highest BCUT2D eigenvalue weighted by Gasteiger charge is 2.45. The third kappa shape index (κ3) is 6.67. The van der Waals surface area contributed by atoms with Crippen LogP contribution < -0.4 is 15.4 Å². The summed E-state index contributed by atoms with van der Waals surface area (Å²) in [4.78, 5) is 13.2. The number of aliphatic hydroxyl groups is 1. The Hall–Kier alpha value is -3.80. The lowest BCUT2D eigenvalue weighted by Crippen LogP contribution is -2.56. The summed E-state index contributed by atoms with van der Waals surface area (Å²) >= 11 is 0. The van der Waals surface area contributed by atoms with E-state index in [9.17, 15) is 35.5 Å². The molecule has 214 valence electrons. The molecule has 0 bridgehead atoms. The molecule has 1 aliphatic rings. The SMILES string of the molecule is O=C(NC1CC(C(O)F)C1)NC(Cc1ccccc1)(c1ccc(F)cc1)c1cc(F)cc(OC(F)(F)C(F)F)c1. The van der Waals surface area contributed by atoms with Crippen molar-refractivity contribution in [2.45, 2.75) is 49.7 Å². The minimum Gasteiger partial charge on any atom is -0.428 e. The molecule has 1 fully saturated rings. The molecule has 0 radical (unpaired) electrons. The zero-order valence-corrected chi connectivity index (χ0v) is 20.8. The average molecular weight is 571 g/mol. The Kier molecular flexibility index (Phi) is 8.57. The fourth-order valence-corrected chi connectivity index (χ4v) is 4.69. The summed E-state index contributed by atoms with van der Waals surface area (Å²) in [6, 6.07) is 14.2. The molecule has 3 aromatic carbocycles. The van der Waals surface area contributed by atoms with E-state index in [1.165, 1.54) is 12.1 Å². The van der Waals surface area contributed by atoms with E-state index in [4.69, 9.17) is 5.11 Å². The van der Waals surface area contributed by atoms with E-state index in [1.54, 1.807) is 30.3 Å². The largest absolute Gasteiger partial charge is 0.461 e. The Balaban J connectivity index is 1.80. The Morgan fingerprint density at radius 2 is 1.57 bits per heavy atom. The molecule has 0 spiro atoms. The molecule has 0 heterocycles. The molecule has 4 rings (SSSR count). The fourth-order valence-electron chi connectivity index (χ4n) is 4.69. The minimum absolute atomic E-state index is 0.114. The van der Waals surface area contributed by atoms with Crippen LogP contribution in [0.4, 0.5) is 35.5 Å². The second-order valence-corrected chi connectivity index (χ2v) is 9.61. The lowest BCUT2D eigenvalue weighted by atomic mass is 9.77. The van der Waals surface area contributed by atoms with Crippen LogP contribution in [0.2, 0.25) is 0 Å². The Morgan fingerprint density at radius 1 is 0.925 bits per heavy atom. The van der Waals surface area contributed by atoms with Gasteiger partial charge >= 0.3 is 18.6 Å². The zero-order valence-electron chi connectivity index (χ0n) is 20.8. The number of alkyl halides is 5. The van der Waals surface area contributed by atoms with Crippen molar-refractivity contribution in [3.8, 4) is 5.75 Å². The van der Waals surface area contributed by atoms with Crippen molar-refractivity contribution in [3.05, 3.63) is 101 Å². The van der Waals surface area contributed by atoms with E-state index in [0.717, 1.165) is 24.3 Å². The highest BCUT2D eigenvalue weighted by molar-refractivity contribution is 5.76. The van der Waals surface area contributed by atoms with E-state index < -0.39 is 59.8 Å². The summed E-state index contributed by atoms with van der Waals surface area (Å²) in [6.45, 7) is 0. The predicted octanol–water partition coefficient (Wildman–Crippen LogP) is 6.05. The van der Waals surface area contributed by atoms with Crippen LogP contribution in [0, 0.1) is 17.6 Å². The van der Waals surface area contributed by atoms with E-state index in [2.05, 4.69) is 15.4 Å².